The fraction of sp³-hybridized carbons (Fsp3) is 0.280. The van der Waals surface area contributed by atoms with Crippen molar-refractivity contribution in [3.05, 3.63) is 75.7 Å². The van der Waals surface area contributed by atoms with Crippen LogP contribution < -0.4 is 10.6 Å². The molecule has 10 heteroatoms. The second-order valence-corrected chi connectivity index (χ2v) is 9.05. The highest BCUT2D eigenvalue weighted by molar-refractivity contribution is 7.09. The molecule has 1 aliphatic carbocycles. The van der Waals surface area contributed by atoms with Gasteiger partial charge in [0.2, 0.25) is 0 Å². The van der Waals surface area contributed by atoms with Crippen molar-refractivity contribution >= 4 is 29.3 Å². The Labute approximate surface area is 205 Å². The minimum absolute atomic E-state index is 0.00723. The molecule has 1 heterocycles. The van der Waals surface area contributed by atoms with E-state index in [9.17, 15) is 19.5 Å². The van der Waals surface area contributed by atoms with Crippen LogP contribution in [0.1, 0.15) is 51.9 Å². The molecule has 1 unspecified atom stereocenters. The number of carboxylic acids is 1. The fourth-order valence-corrected chi connectivity index (χ4v) is 4.81. The van der Waals surface area contributed by atoms with Crippen molar-refractivity contribution in [2.75, 3.05) is 13.2 Å². The summed E-state index contributed by atoms with van der Waals surface area (Å²) in [4.78, 5) is 39.6. The van der Waals surface area contributed by atoms with Crippen LogP contribution in [-0.2, 0) is 9.53 Å². The summed E-state index contributed by atoms with van der Waals surface area (Å²) in [6, 6.07) is 15.7. The van der Waals surface area contributed by atoms with E-state index in [1.165, 1.54) is 11.3 Å². The van der Waals surface area contributed by atoms with Gasteiger partial charge in [0.25, 0.3) is 5.91 Å². The summed E-state index contributed by atoms with van der Waals surface area (Å²) in [7, 11) is 0. The molecule has 0 bridgehead atoms. The van der Waals surface area contributed by atoms with Gasteiger partial charge in [0.15, 0.2) is 6.10 Å². The van der Waals surface area contributed by atoms with Gasteiger partial charge in [-0.2, -0.15) is 0 Å². The van der Waals surface area contributed by atoms with Crippen molar-refractivity contribution in [2.45, 2.75) is 31.4 Å². The molecule has 4 rings (SSSR count). The van der Waals surface area contributed by atoms with Crippen LogP contribution in [0, 0.1) is 0 Å². The molecule has 182 valence electrons. The van der Waals surface area contributed by atoms with Gasteiger partial charge >= 0.3 is 12.1 Å². The molecule has 0 fully saturated rings. The van der Waals surface area contributed by atoms with Gasteiger partial charge in [-0.3, -0.25) is 4.79 Å². The molecule has 1 aromatic heterocycles. The lowest BCUT2D eigenvalue weighted by Crippen LogP contribution is -2.30. The predicted molar refractivity (Wildman–Crippen MR) is 129 cm³/mol. The maximum absolute atomic E-state index is 12.5. The maximum atomic E-state index is 12.5. The Morgan fingerprint density at radius 2 is 1.71 bits per heavy atom. The van der Waals surface area contributed by atoms with Crippen LogP contribution in [0.2, 0.25) is 0 Å². The molecule has 0 saturated heterocycles. The number of carboxylic acid groups (broad SMARTS) is 1. The number of aromatic nitrogens is 1. The summed E-state index contributed by atoms with van der Waals surface area (Å²) in [5.41, 5.74) is 4.70. The highest BCUT2D eigenvalue weighted by Crippen LogP contribution is 2.44. The number of nitrogens with one attached hydrogen (secondary N) is 2. The quantitative estimate of drug-likeness (QED) is 0.357. The van der Waals surface area contributed by atoms with Gasteiger partial charge in [-0.05, 0) is 29.2 Å². The number of amides is 2. The van der Waals surface area contributed by atoms with Crippen LogP contribution in [0.3, 0.4) is 0 Å². The van der Waals surface area contributed by atoms with Crippen LogP contribution in [0.4, 0.5) is 4.79 Å². The van der Waals surface area contributed by atoms with E-state index >= 15 is 0 Å². The zero-order chi connectivity index (χ0) is 24.9. The number of hydrogen-bond donors (Lipinski definition) is 4. The minimum atomic E-state index is -1.54. The van der Waals surface area contributed by atoms with Crippen LogP contribution in [0.5, 0.6) is 0 Å². The average molecular weight is 496 g/mol. The zero-order valence-corrected chi connectivity index (χ0v) is 19.7. The van der Waals surface area contributed by atoms with Crippen molar-refractivity contribution < 1.29 is 29.3 Å². The lowest BCUT2D eigenvalue weighted by Gasteiger charge is -2.16. The summed E-state index contributed by atoms with van der Waals surface area (Å²) < 4.78 is 5.56. The first-order valence-electron chi connectivity index (χ1n) is 11.1. The first kappa shape index (κ1) is 24.4. The molecular weight excluding hydrogens is 470 g/mol. The molecule has 2 atom stereocenters. The van der Waals surface area contributed by atoms with Crippen molar-refractivity contribution in [2.24, 2.45) is 0 Å². The molecule has 9 nitrogen and oxygen atoms in total. The number of ether oxygens (including phenoxy) is 1. The van der Waals surface area contributed by atoms with Crippen LogP contribution in [0.25, 0.3) is 11.1 Å². The van der Waals surface area contributed by atoms with Crippen LogP contribution >= 0.6 is 11.3 Å². The first-order valence-corrected chi connectivity index (χ1v) is 12.0. The molecule has 2 amide bonds. The third-order valence-corrected chi connectivity index (χ3v) is 6.82. The smallest absolute Gasteiger partial charge is 0.407 e. The van der Waals surface area contributed by atoms with E-state index in [0.717, 1.165) is 22.3 Å². The monoisotopic (exact) mass is 495 g/mol. The summed E-state index contributed by atoms with van der Waals surface area (Å²) in [6.07, 6.45) is -2.23. The number of benzene rings is 2. The predicted octanol–water partition coefficient (Wildman–Crippen LogP) is 3.31. The summed E-state index contributed by atoms with van der Waals surface area (Å²) >= 11 is 1.21. The molecule has 1 aliphatic rings. The topological polar surface area (TPSA) is 138 Å². The van der Waals surface area contributed by atoms with E-state index in [0.29, 0.717) is 5.01 Å². The number of thiazole rings is 1. The standard InChI is InChI=1S/C25H25N3O6S/c1-14(23-28-20(13-35-23)22(30)26-11-10-21(29)24(31)32)27-25(33)34-12-19-17-8-4-2-6-15(17)16-7-3-5-9-18(16)19/h2-9,13-14,19,21,29H,10-12H2,1H3,(H,26,30)(H,27,33)(H,31,32)/t14?,21-/m0/s1. The summed E-state index contributed by atoms with van der Waals surface area (Å²) in [5, 5.41) is 25.3. The second kappa shape index (κ2) is 10.7. The number of alkyl carbamates (subject to hydrolysis) is 1. The third-order valence-electron chi connectivity index (χ3n) is 5.79. The number of aliphatic hydroxyl groups is 1. The number of carbonyl (C=O) groups excluding carboxylic acids is 2. The molecule has 3 aromatic rings. The Morgan fingerprint density at radius 3 is 2.34 bits per heavy atom. The normalized spacial score (nSPS) is 13.9. The molecule has 35 heavy (non-hydrogen) atoms. The molecular formula is C25H25N3O6S. The van der Waals surface area contributed by atoms with Crippen LogP contribution in [-0.4, -0.2) is 52.4 Å². The number of rotatable bonds is 9. The highest BCUT2D eigenvalue weighted by atomic mass is 32.1. The van der Waals surface area contributed by atoms with Gasteiger partial charge < -0.3 is 25.6 Å². The SMILES string of the molecule is CC(NC(=O)OCC1c2ccccc2-c2ccccc21)c1nc(C(=O)NCC[C@H](O)C(=O)O)cs1. The largest absolute Gasteiger partial charge is 0.479 e. The second-order valence-electron chi connectivity index (χ2n) is 8.16. The summed E-state index contributed by atoms with van der Waals surface area (Å²) in [6.45, 7) is 1.93. The number of fused-ring (bicyclic) bond motifs is 3. The Balaban J connectivity index is 1.30. The molecule has 0 aliphatic heterocycles. The third kappa shape index (κ3) is 5.50. The Morgan fingerprint density at radius 1 is 1.09 bits per heavy atom. The zero-order valence-electron chi connectivity index (χ0n) is 18.9. The van der Waals surface area contributed by atoms with E-state index in [-0.39, 0.29) is 31.2 Å². The van der Waals surface area contributed by atoms with Crippen molar-refractivity contribution in [3.8, 4) is 11.1 Å². The molecule has 0 radical (unpaired) electrons. The van der Waals surface area contributed by atoms with Crippen molar-refractivity contribution in [1.29, 1.82) is 0 Å². The van der Waals surface area contributed by atoms with Gasteiger partial charge in [0.1, 0.15) is 17.3 Å². The van der Waals surface area contributed by atoms with E-state index in [1.54, 1.807) is 12.3 Å². The number of aliphatic carboxylic acids is 1. The molecule has 0 spiro atoms. The maximum Gasteiger partial charge on any atom is 0.407 e. The lowest BCUT2D eigenvalue weighted by molar-refractivity contribution is -0.146. The minimum Gasteiger partial charge on any atom is -0.479 e. The number of hydrogen-bond acceptors (Lipinski definition) is 7. The van der Waals surface area contributed by atoms with Gasteiger partial charge in [-0.25, -0.2) is 14.6 Å². The van der Waals surface area contributed by atoms with Gasteiger partial charge in [0.05, 0.1) is 6.04 Å². The number of aliphatic hydroxyl groups excluding tert-OH is 1. The summed E-state index contributed by atoms with van der Waals surface area (Å²) in [5.74, 6) is -1.87. The first-order chi connectivity index (χ1) is 16.8. The molecule has 4 N–H and O–H groups in total. The Bertz CT molecular complexity index is 1200. The Kier molecular flexibility index (Phi) is 7.42. The highest BCUT2D eigenvalue weighted by Gasteiger charge is 2.29. The number of carbonyl (C=O) groups is 3. The molecule has 0 saturated carbocycles. The number of nitrogens with zero attached hydrogens (tertiary/aromatic N) is 1. The molecule has 2 aromatic carbocycles. The van der Waals surface area contributed by atoms with Crippen LogP contribution in [0.15, 0.2) is 53.9 Å². The van der Waals surface area contributed by atoms with Gasteiger partial charge in [-0.15, -0.1) is 11.3 Å². The van der Waals surface area contributed by atoms with E-state index in [1.807, 2.05) is 24.3 Å². The van der Waals surface area contributed by atoms with E-state index in [4.69, 9.17) is 9.84 Å². The van der Waals surface area contributed by atoms with Crippen molar-refractivity contribution in [1.82, 2.24) is 15.6 Å². The van der Waals surface area contributed by atoms with E-state index in [2.05, 4.69) is 39.9 Å². The van der Waals surface area contributed by atoms with Crippen molar-refractivity contribution in [3.63, 3.8) is 0 Å². The lowest BCUT2D eigenvalue weighted by atomic mass is 9.98. The Hall–Kier alpha value is -3.76. The average Bonchev–Trinajstić information content (AvgIpc) is 3.46. The fourth-order valence-electron chi connectivity index (χ4n) is 4.01. The van der Waals surface area contributed by atoms with Gasteiger partial charge in [-0.1, -0.05) is 48.5 Å². The van der Waals surface area contributed by atoms with Gasteiger partial charge in [0, 0.05) is 24.3 Å². The van der Waals surface area contributed by atoms with E-state index < -0.39 is 30.1 Å².